The van der Waals surface area contributed by atoms with Gasteiger partial charge in [0.2, 0.25) is 6.41 Å². The number of imide groups is 1. The van der Waals surface area contributed by atoms with Crippen molar-refractivity contribution in [1.29, 1.82) is 5.41 Å². The largest absolute Gasteiger partial charge is 0.392 e. The van der Waals surface area contributed by atoms with Gasteiger partial charge in [-0.25, -0.2) is 14.1 Å². The van der Waals surface area contributed by atoms with Crippen LogP contribution in [0, 0.1) is 23.1 Å². The van der Waals surface area contributed by atoms with E-state index in [0.717, 1.165) is 17.8 Å². The van der Waals surface area contributed by atoms with E-state index in [1.165, 1.54) is 28.1 Å². The molecule has 0 spiro atoms. The van der Waals surface area contributed by atoms with Crippen molar-refractivity contribution in [3.63, 3.8) is 0 Å². The van der Waals surface area contributed by atoms with Crippen LogP contribution in [0.4, 0.5) is 14.9 Å². The second-order valence-electron chi connectivity index (χ2n) is 8.28. The summed E-state index contributed by atoms with van der Waals surface area (Å²) in [6.45, 7) is 3.56. The quantitative estimate of drug-likeness (QED) is 0.370. The van der Waals surface area contributed by atoms with Gasteiger partial charge in [0.15, 0.2) is 0 Å². The zero-order chi connectivity index (χ0) is 26.3. The molecular weight excluding hydrogens is 461 g/mol. The van der Waals surface area contributed by atoms with Crippen LogP contribution >= 0.6 is 0 Å². The molecule has 1 heterocycles. The molecule has 36 heavy (non-hydrogen) atoms. The van der Waals surface area contributed by atoms with Gasteiger partial charge in [-0.05, 0) is 43.7 Å². The maximum atomic E-state index is 15.0. The smallest absolute Gasteiger partial charge is 0.332 e. The van der Waals surface area contributed by atoms with Crippen LogP contribution in [0.2, 0.25) is 0 Å². The van der Waals surface area contributed by atoms with Gasteiger partial charge in [-0.3, -0.25) is 9.59 Å². The second-order valence-corrected chi connectivity index (χ2v) is 8.28. The van der Waals surface area contributed by atoms with Crippen molar-refractivity contribution in [3.8, 4) is 11.8 Å². The number of urea groups is 1. The molecule has 9 heteroatoms. The van der Waals surface area contributed by atoms with Crippen LogP contribution in [-0.4, -0.2) is 60.0 Å². The Morgan fingerprint density at radius 3 is 2.47 bits per heavy atom. The van der Waals surface area contributed by atoms with E-state index in [2.05, 4.69) is 17.2 Å². The molecule has 0 bridgehead atoms. The van der Waals surface area contributed by atoms with Gasteiger partial charge in [-0.15, -0.1) is 0 Å². The predicted octanol–water partition coefficient (Wildman–Crippen LogP) is 3.33. The molecule has 2 N–H and O–H groups in total. The van der Waals surface area contributed by atoms with E-state index < -0.39 is 23.3 Å². The van der Waals surface area contributed by atoms with Crippen molar-refractivity contribution in [2.24, 2.45) is 0 Å². The van der Waals surface area contributed by atoms with Gasteiger partial charge < -0.3 is 20.5 Å². The number of piperazine rings is 1. The van der Waals surface area contributed by atoms with Crippen molar-refractivity contribution in [1.82, 2.24) is 15.1 Å². The third kappa shape index (κ3) is 5.13. The van der Waals surface area contributed by atoms with Crippen molar-refractivity contribution < 1.29 is 18.8 Å². The summed E-state index contributed by atoms with van der Waals surface area (Å²) in [4.78, 5) is 42.2. The van der Waals surface area contributed by atoms with E-state index >= 15 is 4.39 Å². The minimum absolute atomic E-state index is 0.0937. The first-order valence-electron chi connectivity index (χ1n) is 11.4. The van der Waals surface area contributed by atoms with Crippen LogP contribution in [0.15, 0.2) is 60.4 Å². The molecule has 0 aliphatic carbocycles. The maximum Gasteiger partial charge on any atom is 0.332 e. The Morgan fingerprint density at radius 2 is 1.89 bits per heavy atom. The topological polar surface area (TPSA) is 96.8 Å². The molecule has 2 aromatic carbocycles. The summed E-state index contributed by atoms with van der Waals surface area (Å²) in [5.74, 6) is 4.61. The van der Waals surface area contributed by atoms with Crippen molar-refractivity contribution >= 4 is 30.3 Å². The number of allylic oxidation sites excluding steroid dienone is 1. The van der Waals surface area contributed by atoms with E-state index in [4.69, 9.17) is 5.41 Å². The van der Waals surface area contributed by atoms with Crippen molar-refractivity contribution in [2.75, 3.05) is 25.0 Å². The Balaban J connectivity index is 1.89. The van der Waals surface area contributed by atoms with Gasteiger partial charge in [0.05, 0.1) is 11.4 Å². The molecule has 2 aromatic rings. The van der Waals surface area contributed by atoms with Crippen LogP contribution in [0.3, 0.4) is 0 Å². The zero-order valence-corrected chi connectivity index (χ0v) is 20.4. The highest BCUT2D eigenvalue weighted by Crippen LogP contribution is 2.31. The van der Waals surface area contributed by atoms with Crippen LogP contribution in [0.5, 0.6) is 0 Å². The molecule has 1 atom stereocenters. The van der Waals surface area contributed by atoms with E-state index in [1.807, 2.05) is 30.3 Å². The molecule has 1 saturated heterocycles. The Labute approximate surface area is 209 Å². The van der Waals surface area contributed by atoms with Gasteiger partial charge >= 0.3 is 6.03 Å². The van der Waals surface area contributed by atoms with Crippen molar-refractivity contribution in [3.05, 3.63) is 77.4 Å². The third-order valence-electron chi connectivity index (χ3n) is 6.16. The van der Waals surface area contributed by atoms with Crippen LogP contribution in [-0.2, 0) is 9.59 Å². The zero-order valence-electron chi connectivity index (χ0n) is 20.4. The number of hydrogen-bond acceptors (Lipinski definition) is 5. The molecule has 8 nitrogen and oxygen atoms in total. The lowest BCUT2D eigenvalue weighted by atomic mass is 9.91. The first-order valence-corrected chi connectivity index (χ1v) is 11.4. The lowest BCUT2D eigenvalue weighted by Crippen LogP contribution is -2.67. The molecule has 4 amide bonds. The fraction of sp³-hybridized carbons (Fsp3) is 0.259. The van der Waals surface area contributed by atoms with E-state index in [1.54, 1.807) is 20.9 Å². The van der Waals surface area contributed by atoms with Gasteiger partial charge in [0.1, 0.15) is 11.4 Å². The number of amides is 4. The van der Waals surface area contributed by atoms with Gasteiger partial charge in [0.25, 0.3) is 5.91 Å². The summed E-state index contributed by atoms with van der Waals surface area (Å²) in [6, 6.07) is 12.4. The second kappa shape index (κ2) is 11.3. The number of carbonyl (C=O) groups excluding carboxylic acids is 3. The normalized spacial score (nSPS) is 17.7. The molecule has 0 aromatic heterocycles. The molecule has 186 valence electrons. The number of nitrogens with one attached hydrogen (secondary N) is 2. The summed E-state index contributed by atoms with van der Waals surface area (Å²) in [7, 11) is 1.65. The fourth-order valence-electron chi connectivity index (χ4n) is 3.98. The Kier molecular flexibility index (Phi) is 8.22. The third-order valence-corrected chi connectivity index (χ3v) is 6.16. The first-order chi connectivity index (χ1) is 17.3. The minimum atomic E-state index is -1.30. The number of halogens is 1. The highest BCUT2D eigenvalue weighted by molar-refractivity contribution is 6.08. The monoisotopic (exact) mass is 489 g/mol. The number of benzene rings is 2. The molecule has 1 aliphatic rings. The molecule has 1 aliphatic heterocycles. The van der Waals surface area contributed by atoms with Gasteiger partial charge in [0, 0.05) is 43.7 Å². The average molecular weight is 490 g/mol. The fourth-order valence-corrected chi connectivity index (χ4v) is 3.98. The molecule has 3 rings (SSSR count). The molecule has 1 fully saturated rings. The number of carbonyl (C=O) groups is 3. The Morgan fingerprint density at radius 1 is 1.19 bits per heavy atom. The standard InChI is InChI=1S/C27H28FN5O3/c1-4-27(2)25(35)31(22(17-29)18-30-3)14-15-33(27)26(36)32(19-34)24-13-12-21(16-23(24)28)11-10-20-8-6-5-7-9-20/h5-9,12-13,16-19,29-30H,4,14-15H2,1-3H3/b22-18+,29-17?. The Bertz CT molecular complexity index is 1250. The van der Waals surface area contributed by atoms with Crippen LogP contribution < -0.4 is 10.2 Å². The lowest BCUT2D eigenvalue weighted by molar-refractivity contribution is -0.144. The summed E-state index contributed by atoms with van der Waals surface area (Å²) in [6.07, 6.45) is 3.07. The first kappa shape index (κ1) is 26.2. The highest BCUT2D eigenvalue weighted by Gasteiger charge is 2.48. The van der Waals surface area contributed by atoms with E-state index in [-0.39, 0.29) is 31.6 Å². The summed E-state index contributed by atoms with van der Waals surface area (Å²) in [5, 5.41) is 10.4. The number of nitrogens with zero attached hydrogens (tertiary/aromatic N) is 3. The number of rotatable bonds is 6. The minimum Gasteiger partial charge on any atom is -0.392 e. The predicted molar refractivity (Wildman–Crippen MR) is 136 cm³/mol. The number of hydrogen-bond donors (Lipinski definition) is 2. The Hall–Kier alpha value is -4.45. The summed E-state index contributed by atoms with van der Waals surface area (Å²) < 4.78 is 15.0. The molecule has 0 radical (unpaired) electrons. The number of anilines is 1. The highest BCUT2D eigenvalue weighted by atomic mass is 19.1. The molecule has 1 unspecified atom stereocenters. The van der Waals surface area contributed by atoms with E-state index in [0.29, 0.717) is 16.2 Å². The summed E-state index contributed by atoms with van der Waals surface area (Å²) >= 11 is 0. The van der Waals surface area contributed by atoms with Crippen LogP contribution in [0.25, 0.3) is 0 Å². The molecule has 0 saturated carbocycles. The lowest BCUT2D eigenvalue weighted by Gasteiger charge is -2.48. The SMILES string of the molecule is CCC1(C)C(=O)N(/C(C=N)=C/NC)CCN1C(=O)N(C=O)c1ccc(C#Cc2ccccc2)cc1F. The van der Waals surface area contributed by atoms with Gasteiger partial charge in [-0.2, -0.15) is 0 Å². The van der Waals surface area contributed by atoms with Crippen molar-refractivity contribution in [2.45, 2.75) is 25.8 Å². The van der Waals surface area contributed by atoms with Crippen LogP contribution in [0.1, 0.15) is 31.4 Å². The van der Waals surface area contributed by atoms with Gasteiger partial charge in [-0.1, -0.05) is 37.0 Å². The maximum absolute atomic E-state index is 15.0. The average Bonchev–Trinajstić information content (AvgIpc) is 2.89. The van der Waals surface area contributed by atoms with E-state index in [9.17, 15) is 14.4 Å². The molecular formula is C27H28FN5O3. The summed E-state index contributed by atoms with van der Waals surface area (Å²) in [5.41, 5.74) is -0.0333.